The van der Waals surface area contributed by atoms with Crippen molar-refractivity contribution < 1.29 is 0 Å². The Balaban J connectivity index is 1.70. The topological polar surface area (TPSA) is 23.8 Å². The van der Waals surface area contributed by atoms with Crippen molar-refractivity contribution in [1.82, 2.24) is 0 Å². The van der Waals surface area contributed by atoms with Gasteiger partial charge in [-0.2, -0.15) is 5.26 Å². The molecule has 0 aromatic heterocycles. The van der Waals surface area contributed by atoms with Crippen LogP contribution in [0.3, 0.4) is 0 Å². The van der Waals surface area contributed by atoms with Gasteiger partial charge in [-0.1, -0.05) is 30.7 Å². The van der Waals surface area contributed by atoms with Crippen molar-refractivity contribution in [3.8, 4) is 6.07 Å². The van der Waals surface area contributed by atoms with E-state index in [1.807, 2.05) is 0 Å². The lowest BCUT2D eigenvalue weighted by Gasteiger charge is -2.50. The minimum atomic E-state index is 0.304. The number of benzene rings is 1. The summed E-state index contributed by atoms with van der Waals surface area (Å²) in [5, 5.41) is 9.50. The van der Waals surface area contributed by atoms with Crippen LogP contribution in [-0.2, 0) is 6.42 Å². The van der Waals surface area contributed by atoms with E-state index in [-0.39, 0.29) is 0 Å². The third-order valence-corrected chi connectivity index (χ3v) is 7.04. The van der Waals surface area contributed by atoms with Crippen LogP contribution in [0.1, 0.15) is 61.6 Å². The third kappa shape index (κ3) is 1.81. The first-order valence-electron chi connectivity index (χ1n) is 8.62. The van der Waals surface area contributed by atoms with Crippen LogP contribution in [0.25, 0.3) is 0 Å². The second-order valence-electron chi connectivity index (χ2n) is 7.92. The smallest absolute Gasteiger partial charge is 0.0661 e. The second-order valence-corrected chi connectivity index (χ2v) is 7.92. The summed E-state index contributed by atoms with van der Waals surface area (Å²) in [6.07, 6.45) is 7.58. The molecule has 4 rings (SSSR count). The van der Waals surface area contributed by atoms with Crippen LogP contribution < -0.4 is 0 Å². The van der Waals surface area contributed by atoms with Gasteiger partial charge in [-0.15, -0.1) is 0 Å². The molecule has 0 heterocycles. The highest BCUT2D eigenvalue weighted by atomic mass is 14.6. The monoisotopic (exact) mass is 279 g/mol. The minimum absolute atomic E-state index is 0.304. The lowest BCUT2D eigenvalue weighted by atomic mass is 9.54. The molecule has 2 fully saturated rings. The molecule has 1 aromatic carbocycles. The van der Waals surface area contributed by atoms with E-state index in [1.54, 1.807) is 11.1 Å². The van der Waals surface area contributed by atoms with Gasteiger partial charge in [0.2, 0.25) is 0 Å². The molecule has 110 valence electrons. The molecule has 3 aliphatic carbocycles. The van der Waals surface area contributed by atoms with Crippen molar-refractivity contribution in [3.05, 3.63) is 34.9 Å². The van der Waals surface area contributed by atoms with Crippen molar-refractivity contribution in [1.29, 1.82) is 5.26 Å². The van der Waals surface area contributed by atoms with Crippen LogP contribution in [0.5, 0.6) is 0 Å². The first-order valence-corrected chi connectivity index (χ1v) is 8.62. The highest BCUT2D eigenvalue weighted by molar-refractivity contribution is 5.37. The maximum atomic E-state index is 9.50. The molecule has 1 aromatic rings. The van der Waals surface area contributed by atoms with E-state index in [4.69, 9.17) is 0 Å². The SMILES string of the molecule is Cc1ccc2c(c1)CCC1C2CCC2(C)C1CC[C@@H]2C#N. The Morgan fingerprint density at radius 3 is 2.86 bits per heavy atom. The number of nitrogens with zero attached hydrogens (tertiary/aromatic N) is 1. The largest absolute Gasteiger partial charge is 0.198 e. The highest BCUT2D eigenvalue weighted by Gasteiger charge is 2.54. The molecule has 4 unspecified atom stereocenters. The van der Waals surface area contributed by atoms with E-state index in [0.717, 1.165) is 24.2 Å². The summed E-state index contributed by atoms with van der Waals surface area (Å²) in [6, 6.07) is 9.73. The quantitative estimate of drug-likeness (QED) is 0.656. The molecule has 5 atom stereocenters. The minimum Gasteiger partial charge on any atom is -0.198 e. The molecule has 3 aliphatic rings. The first kappa shape index (κ1) is 13.4. The maximum absolute atomic E-state index is 9.50. The van der Waals surface area contributed by atoms with E-state index in [9.17, 15) is 5.26 Å². The van der Waals surface area contributed by atoms with Gasteiger partial charge < -0.3 is 0 Å². The molecule has 0 radical (unpaired) electrons. The summed E-state index contributed by atoms with van der Waals surface area (Å²) < 4.78 is 0. The van der Waals surface area contributed by atoms with Crippen LogP contribution in [-0.4, -0.2) is 0 Å². The maximum Gasteiger partial charge on any atom is 0.0661 e. The van der Waals surface area contributed by atoms with Crippen LogP contribution in [0.2, 0.25) is 0 Å². The third-order valence-electron chi connectivity index (χ3n) is 7.04. The fraction of sp³-hybridized carbons (Fsp3) is 0.650. The Kier molecular flexibility index (Phi) is 2.93. The summed E-state index contributed by atoms with van der Waals surface area (Å²) in [7, 11) is 0. The average Bonchev–Trinajstić information content (AvgIpc) is 2.83. The van der Waals surface area contributed by atoms with Gasteiger partial charge in [-0.05, 0) is 79.7 Å². The van der Waals surface area contributed by atoms with E-state index in [2.05, 4.69) is 38.1 Å². The Bertz CT molecular complexity index is 611. The van der Waals surface area contributed by atoms with E-state index in [0.29, 0.717) is 11.3 Å². The predicted molar refractivity (Wildman–Crippen MR) is 84.9 cm³/mol. The van der Waals surface area contributed by atoms with Crippen LogP contribution in [0.4, 0.5) is 0 Å². The fourth-order valence-electron chi connectivity index (χ4n) is 5.92. The predicted octanol–water partition coefficient (Wildman–Crippen LogP) is 4.99. The Hall–Kier alpha value is -1.29. The van der Waals surface area contributed by atoms with Crippen LogP contribution >= 0.6 is 0 Å². The average molecular weight is 279 g/mol. The van der Waals surface area contributed by atoms with Crippen LogP contribution in [0.15, 0.2) is 18.2 Å². The highest BCUT2D eigenvalue weighted by Crippen LogP contribution is 2.62. The van der Waals surface area contributed by atoms with Crippen molar-refractivity contribution in [2.45, 2.75) is 58.3 Å². The molecule has 0 N–H and O–H groups in total. The Morgan fingerprint density at radius 1 is 1.19 bits per heavy atom. The number of hydrogen-bond donors (Lipinski definition) is 0. The lowest BCUT2D eigenvalue weighted by Crippen LogP contribution is -2.42. The molecular weight excluding hydrogens is 254 g/mol. The molecule has 0 bridgehead atoms. The summed E-state index contributed by atoms with van der Waals surface area (Å²) in [5.74, 6) is 2.69. The fourth-order valence-corrected chi connectivity index (χ4v) is 5.92. The molecule has 1 heteroatoms. The molecular formula is C20H25N. The Morgan fingerprint density at radius 2 is 2.05 bits per heavy atom. The zero-order valence-corrected chi connectivity index (χ0v) is 13.2. The van der Waals surface area contributed by atoms with Gasteiger partial charge in [0.05, 0.1) is 12.0 Å². The normalized spacial score (nSPS) is 40.8. The first-order chi connectivity index (χ1) is 10.1. The number of aryl methyl sites for hydroxylation is 2. The van der Waals surface area contributed by atoms with Gasteiger partial charge in [0, 0.05) is 0 Å². The second kappa shape index (κ2) is 4.60. The molecule has 2 saturated carbocycles. The number of nitriles is 1. The zero-order chi connectivity index (χ0) is 14.6. The van der Waals surface area contributed by atoms with Gasteiger partial charge >= 0.3 is 0 Å². The molecule has 21 heavy (non-hydrogen) atoms. The zero-order valence-electron chi connectivity index (χ0n) is 13.2. The van der Waals surface area contributed by atoms with Gasteiger partial charge in [0.15, 0.2) is 0 Å². The van der Waals surface area contributed by atoms with Crippen LogP contribution in [0, 0.1) is 41.4 Å². The van der Waals surface area contributed by atoms with Crippen molar-refractivity contribution in [2.75, 3.05) is 0 Å². The summed E-state index contributed by atoms with van der Waals surface area (Å²) in [6.45, 7) is 4.62. The van der Waals surface area contributed by atoms with Gasteiger partial charge in [-0.25, -0.2) is 0 Å². The van der Waals surface area contributed by atoms with E-state index < -0.39 is 0 Å². The van der Waals surface area contributed by atoms with E-state index >= 15 is 0 Å². The van der Waals surface area contributed by atoms with Crippen molar-refractivity contribution in [2.24, 2.45) is 23.2 Å². The number of hydrogen-bond acceptors (Lipinski definition) is 1. The standard InChI is InChI=1S/C20H25N/c1-13-3-6-16-14(11-13)4-7-18-17(16)9-10-20(2)15(12-21)5-8-19(18)20/h3,6,11,15,17-19H,4-5,7-10H2,1-2H3/t15-,17?,18?,19?,20?/m1/s1. The lowest BCUT2D eigenvalue weighted by molar-refractivity contribution is 0.0427. The molecule has 1 nitrogen and oxygen atoms in total. The van der Waals surface area contributed by atoms with Crippen molar-refractivity contribution in [3.63, 3.8) is 0 Å². The Labute approximate surface area is 128 Å². The molecule has 0 saturated heterocycles. The molecule has 0 aliphatic heterocycles. The summed E-state index contributed by atoms with van der Waals surface area (Å²) in [4.78, 5) is 0. The van der Waals surface area contributed by atoms with Gasteiger partial charge in [0.1, 0.15) is 0 Å². The van der Waals surface area contributed by atoms with Gasteiger partial charge in [0.25, 0.3) is 0 Å². The summed E-state index contributed by atoms with van der Waals surface area (Å²) >= 11 is 0. The number of fused-ring (bicyclic) bond motifs is 5. The van der Waals surface area contributed by atoms with Gasteiger partial charge in [-0.3, -0.25) is 0 Å². The van der Waals surface area contributed by atoms with E-state index in [1.165, 1.54) is 37.7 Å². The summed E-state index contributed by atoms with van der Waals surface area (Å²) in [5.41, 5.74) is 4.95. The van der Waals surface area contributed by atoms with Crippen molar-refractivity contribution >= 4 is 0 Å². The molecule has 0 amide bonds. The molecule has 0 spiro atoms. The number of rotatable bonds is 0.